The minimum absolute atomic E-state index is 0.316. The lowest BCUT2D eigenvalue weighted by Gasteiger charge is -2.21. The van der Waals surface area contributed by atoms with Gasteiger partial charge in [-0.25, -0.2) is 4.79 Å². The van der Waals surface area contributed by atoms with E-state index in [4.69, 9.17) is 15.6 Å². The molecule has 0 aromatic rings. The quantitative estimate of drug-likeness (QED) is 0.554. The zero-order valence-corrected chi connectivity index (χ0v) is 8.33. The van der Waals surface area contributed by atoms with E-state index in [2.05, 4.69) is 5.32 Å². The topological polar surface area (TPSA) is 84.6 Å². The fourth-order valence-corrected chi connectivity index (χ4v) is 0.674. The van der Waals surface area contributed by atoms with E-state index in [1.54, 1.807) is 20.8 Å². The molecule has 13 heavy (non-hydrogen) atoms. The number of carbonyl (C=O) groups excluding carboxylic acids is 1. The van der Waals surface area contributed by atoms with Gasteiger partial charge in [-0.3, -0.25) is 5.32 Å². The summed E-state index contributed by atoms with van der Waals surface area (Å²) in [6.07, 6.45) is -1.24. The maximum atomic E-state index is 11.0. The molecule has 1 unspecified atom stereocenters. The second-order valence-corrected chi connectivity index (χ2v) is 3.74. The van der Waals surface area contributed by atoms with Crippen LogP contribution in [0.25, 0.3) is 0 Å². The average molecular weight is 190 g/mol. The van der Waals surface area contributed by atoms with Crippen LogP contribution in [-0.4, -0.2) is 29.6 Å². The second kappa shape index (κ2) is 5.04. The number of nitrogens with two attached hydrogens (primary N) is 1. The summed E-state index contributed by atoms with van der Waals surface area (Å²) < 4.78 is 4.90. The van der Waals surface area contributed by atoms with E-state index in [0.29, 0.717) is 13.0 Å². The van der Waals surface area contributed by atoms with Crippen LogP contribution in [0.4, 0.5) is 4.79 Å². The number of alkyl carbamates (subject to hydrolysis) is 1. The van der Waals surface area contributed by atoms with Crippen LogP contribution in [0.15, 0.2) is 0 Å². The zero-order valence-electron chi connectivity index (χ0n) is 8.33. The van der Waals surface area contributed by atoms with Gasteiger partial charge < -0.3 is 15.6 Å². The zero-order chi connectivity index (χ0) is 10.5. The molecule has 1 atom stereocenters. The van der Waals surface area contributed by atoms with Crippen molar-refractivity contribution in [2.45, 2.75) is 39.0 Å². The van der Waals surface area contributed by atoms with Crippen molar-refractivity contribution in [3.8, 4) is 0 Å². The third-order valence-electron chi connectivity index (χ3n) is 1.12. The number of nitrogens with one attached hydrogen (secondary N) is 1. The maximum absolute atomic E-state index is 11.0. The number of ether oxygens (including phenoxy) is 1. The van der Waals surface area contributed by atoms with E-state index in [1.807, 2.05) is 0 Å². The molecule has 0 saturated carbocycles. The lowest BCUT2D eigenvalue weighted by Crippen LogP contribution is -2.39. The average Bonchev–Trinajstić information content (AvgIpc) is 1.81. The number of aliphatic hydroxyl groups is 1. The lowest BCUT2D eigenvalue weighted by atomic mass is 10.2. The van der Waals surface area contributed by atoms with Gasteiger partial charge in [-0.15, -0.1) is 0 Å². The van der Waals surface area contributed by atoms with Crippen LogP contribution < -0.4 is 11.1 Å². The van der Waals surface area contributed by atoms with E-state index in [1.165, 1.54) is 0 Å². The first kappa shape index (κ1) is 12.2. The van der Waals surface area contributed by atoms with Crippen LogP contribution in [0.5, 0.6) is 0 Å². The molecule has 0 aliphatic heterocycles. The SMILES string of the molecule is CC(C)(C)OC(=O)NC(O)CCN. The standard InChI is InChI=1S/C8H18N2O3/c1-8(2,3)13-7(12)10-6(11)4-5-9/h6,11H,4-5,9H2,1-3H3,(H,10,12). The highest BCUT2D eigenvalue weighted by molar-refractivity contribution is 5.67. The van der Waals surface area contributed by atoms with Crippen molar-refractivity contribution < 1.29 is 14.6 Å². The van der Waals surface area contributed by atoms with E-state index >= 15 is 0 Å². The van der Waals surface area contributed by atoms with Crippen LogP contribution in [-0.2, 0) is 4.74 Å². The summed E-state index contributed by atoms with van der Waals surface area (Å²) in [5.41, 5.74) is 4.63. The van der Waals surface area contributed by atoms with Gasteiger partial charge in [-0.1, -0.05) is 0 Å². The molecule has 0 radical (unpaired) electrons. The largest absolute Gasteiger partial charge is 0.444 e. The van der Waals surface area contributed by atoms with Gasteiger partial charge in [0.15, 0.2) is 0 Å². The molecule has 0 heterocycles. The van der Waals surface area contributed by atoms with Crippen molar-refractivity contribution >= 4 is 6.09 Å². The molecule has 0 fully saturated rings. The molecular weight excluding hydrogens is 172 g/mol. The number of carbonyl (C=O) groups is 1. The van der Waals surface area contributed by atoms with Crippen LogP contribution in [0, 0.1) is 0 Å². The molecule has 78 valence electrons. The Morgan fingerprint density at radius 2 is 2.15 bits per heavy atom. The van der Waals surface area contributed by atoms with Gasteiger partial charge in [0.05, 0.1) is 0 Å². The van der Waals surface area contributed by atoms with Gasteiger partial charge in [0.2, 0.25) is 0 Å². The van der Waals surface area contributed by atoms with Crippen molar-refractivity contribution in [3.63, 3.8) is 0 Å². The molecule has 0 spiro atoms. The summed E-state index contributed by atoms with van der Waals surface area (Å²) in [4.78, 5) is 11.0. The Morgan fingerprint density at radius 1 is 1.62 bits per heavy atom. The Kier molecular flexibility index (Phi) is 4.72. The van der Waals surface area contributed by atoms with Crippen molar-refractivity contribution in [2.75, 3.05) is 6.54 Å². The number of hydrogen-bond acceptors (Lipinski definition) is 4. The Hall–Kier alpha value is -0.810. The molecule has 0 saturated heterocycles. The Labute approximate surface area is 78.3 Å². The Balaban J connectivity index is 3.74. The fraction of sp³-hybridized carbons (Fsp3) is 0.875. The summed E-state index contributed by atoms with van der Waals surface area (Å²) >= 11 is 0. The van der Waals surface area contributed by atoms with Crippen LogP contribution >= 0.6 is 0 Å². The van der Waals surface area contributed by atoms with Gasteiger partial charge in [-0.05, 0) is 27.3 Å². The fourth-order valence-electron chi connectivity index (χ4n) is 0.674. The summed E-state index contributed by atoms with van der Waals surface area (Å²) in [6.45, 7) is 5.57. The first-order chi connectivity index (χ1) is 5.85. The molecule has 4 N–H and O–H groups in total. The van der Waals surface area contributed by atoms with Gasteiger partial charge in [0.25, 0.3) is 0 Å². The third-order valence-corrected chi connectivity index (χ3v) is 1.12. The van der Waals surface area contributed by atoms with E-state index < -0.39 is 17.9 Å². The number of rotatable bonds is 3. The molecular formula is C8H18N2O3. The van der Waals surface area contributed by atoms with Gasteiger partial charge in [0, 0.05) is 6.42 Å². The van der Waals surface area contributed by atoms with Gasteiger partial charge in [0.1, 0.15) is 11.8 Å². The second-order valence-electron chi connectivity index (χ2n) is 3.74. The Morgan fingerprint density at radius 3 is 2.54 bits per heavy atom. The van der Waals surface area contributed by atoms with Crippen molar-refractivity contribution in [1.29, 1.82) is 0 Å². The summed E-state index contributed by atoms with van der Waals surface area (Å²) in [5.74, 6) is 0. The first-order valence-electron chi connectivity index (χ1n) is 4.23. The monoisotopic (exact) mass is 190 g/mol. The smallest absolute Gasteiger partial charge is 0.409 e. The van der Waals surface area contributed by atoms with Crippen LogP contribution in [0.3, 0.4) is 0 Å². The highest BCUT2D eigenvalue weighted by atomic mass is 16.6. The Bertz CT molecular complexity index is 165. The highest BCUT2D eigenvalue weighted by Crippen LogP contribution is 2.06. The summed E-state index contributed by atoms with van der Waals surface area (Å²) in [5, 5.41) is 11.4. The summed E-state index contributed by atoms with van der Waals surface area (Å²) in [7, 11) is 0. The van der Waals surface area contributed by atoms with Crippen molar-refractivity contribution in [2.24, 2.45) is 5.73 Å². The third kappa shape index (κ3) is 7.55. The minimum Gasteiger partial charge on any atom is -0.444 e. The highest BCUT2D eigenvalue weighted by Gasteiger charge is 2.17. The predicted octanol–water partition coefficient (Wildman–Crippen LogP) is 0.178. The molecule has 0 bridgehead atoms. The van der Waals surface area contributed by atoms with Crippen molar-refractivity contribution in [1.82, 2.24) is 5.32 Å². The molecule has 0 aromatic carbocycles. The minimum atomic E-state index is -0.931. The van der Waals surface area contributed by atoms with Gasteiger partial charge in [-0.2, -0.15) is 0 Å². The molecule has 0 aliphatic carbocycles. The number of amides is 1. The molecule has 5 nitrogen and oxygen atoms in total. The molecule has 1 amide bonds. The number of aliphatic hydroxyl groups excluding tert-OH is 1. The maximum Gasteiger partial charge on any atom is 0.409 e. The summed E-state index contributed by atoms with van der Waals surface area (Å²) in [6, 6.07) is 0. The molecule has 0 aliphatic rings. The number of hydrogen-bond donors (Lipinski definition) is 3. The van der Waals surface area contributed by atoms with Crippen molar-refractivity contribution in [3.05, 3.63) is 0 Å². The molecule has 0 aromatic heterocycles. The first-order valence-corrected chi connectivity index (χ1v) is 4.23. The van der Waals surface area contributed by atoms with Gasteiger partial charge >= 0.3 is 6.09 Å². The normalized spacial score (nSPS) is 13.6. The molecule has 0 rings (SSSR count). The van der Waals surface area contributed by atoms with Crippen LogP contribution in [0.2, 0.25) is 0 Å². The van der Waals surface area contributed by atoms with Crippen LogP contribution in [0.1, 0.15) is 27.2 Å². The molecule has 5 heteroatoms. The van der Waals surface area contributed by atoms with E-state index in [-0.39, 0.29) is 0 Å². The van der Waals surface area contributed by atoms with E-state index in [0.717, 1.165) is 0 Å². The van der Waals surface area contributed by atoms with E-state index in [9.17, 15) is 4.79 Å². The lowest BCUT2D eigenvalue weighted by molar-refractivity contribution is 0.0349. The predicted molar refractivity (Wildman–Crippen MR) is 49.0 cm³/mol.